The smallest absolute Gasteiger partial charge is 0.306 e. The highest BCUT2D eigenvalue weighted by atomic mass is 16.5. The normalized spacial score (nSPS) is 14.0. The van der Waals surface area contributed by atoms with E-state index in [1.165, 1.54) is 70.6 Å². The molecule has 0 radical (unpaired) electrons. The van der Waals surface area contributed by atoms with Crippen molar-refractivity contribution in [1.29, 1.82) is 0 Å². The summed E-state index contributed by atoms with van der Waals surface area (Å²) < 4.78 is 5.86. The zero-order valence-electron chi connectivity index (χ0n) is 37.2. The molecular weight excluding hydrogens is 707 g/mol. The number of carbonyl (C=O) groups is 2. The molecule has 0 saturated heterocycles. The van der Waals surface area contributed by atoms with Gasteiger partial charge in [0, 0.05) is 6.42 Å². The molecule has 0 aromatic rings. The first-order valence-corrected chi connectivity index (χ1v) is 23.7. The van der Waals surface area contributed by atoms with Crippen LogP contribution in [-0.2, 0) is 14.3 Å². The molecule has 0 aliphatic carbocycles. The Hall–Kier alpha value is -2.70. The summed E-state index contributed by atoms with van der Waals surface area (Å²) in [5, 5.41) is 23.6. The standard InChI is InChI=1S/C51H89NO5/c1-4-7-10-13-16-19-21-23-24-25-26-27-29-32-35-38-41-44-51(56)57-47(42-39-36-33-30-18-15-12-9-6-3)45-50(55)52-48(46-53)49(54)43-40-37-34-31-28-22-20-17-14-11-8-5-2/h7,10,15-16,18-19,23-24,26-27,32,35,47-49,53-54H,4-6,8-9,11-14,17,20-22,25,28-31,33-34,36-46H2,1-3H3,(H,52,55)/b10-7-,18-15-,19-16-,24-23-,27-26-,35-32-. The van der Waals surface area contributed by atoms with E-state index in [0.717, 1.165) is 89.9 Å². The number of amides is 1. The van der Waals surface area contributed by atoms with Gasteiger partial charge in [-0.25, -0.2) is 0 Å². The van der Waals surface area contributed by atoms with E-state index in [4.69, 9.17) is 4.74 Å². The average molecular weight is 796 g/mol. The number of hydrogen-bond donors (Lipinski definition) is 3. The SMILES string of the molecule is CC/C=C\C/C=C\C/C=C\C/C=C\C/C=C\CCCC(=O)OC(CCCCC/C=C\CCCC)CC(=O)NC(CO)C(O)CCCCCCCCCCCCCC. The van der Waals surface area contributed by atoms with E-state index in [0.29, 0.717) is 25.7 Å². The van der Waals surface area contributed by atoms with Crippen molar-refractivity contribution in [3.05, 3.63) is 72.9 Å². The number of aliphatic hydroxyl groups is 2. The molecule has 0 saturated carbocycles. The Balaban J connectivity index is 4.62. The van der Waals surface area contributed by atoms with Crippen LogP contribution in [-0.4, -0.2) is 46.9 Å². The van der Waals surface area contributed by atoms with E-state index in [-0.39, 0.29) is 24.9 Å². The number of nitrogens with one attached hydrogen (secondary N) is 1. The molecule has 57 heavy (non-hydrogen) atoms. The van der Waals surface area contributed by atoms with E-state index in [1.54, 1.807) is 0 Å². The highest BCUT2D eigenvalue weighted by molar-refractivity contribution is 5.77. The molecule has 3 N–H and O–H groups in total. The van der Waals surface area contributed by atoms with Crippen molar-refractivity contribution in [1.82, 2.24) is 5.32 Å². The molecule has 3 atom stereocenters. The first kappa shape index (κ1) is 54.3. The van der Waals surface area contributed by atoms with Crippen LogP contribution in [0.3, 0.4) is 0 Å². The first-order chi connectivity index (χ1) is 28.0. The van der Waals surface area contributed by atoms with Crippen LogP contribution in [0.4, 0.5) is 0 Å². The lowest BCUT2D eigenvalue weighted by atomic mass is 10.0. The van der Waals surface area contributed by atoms with Gasteiger partial charge in [0.25, 0.3) is 0 Å². The molecule has 0 fully saturated rings. The second kappa shape index (κ2) is 44.4. The van der Waals surface area contributed by atoms with Gasteiger partial charge in [0.05, 0.1) is 25.2 Å². The number of allylic oxidation sites excluding steroid dienone is 12. The molecule has 3 unspecified atom stereocenters. The Kier molecular flexibility index (Phi) is 42.3. The molecule has 0 rings (SSSR count). The number of esters is 1. The molecule has 0 aliphatic rings. The largest absolute Gasteiger partial charge is 0.462 e. The van der Waals surface area contributed by atoms with Crippen LogP contribution in [0.25, 0.3) is 0 Å². The van der Waals surface area contributed by atoms with E-state index >= 15 is 0 Å². The van der Waals surface area contributed by atoms with Crippen LogP contribution in [0.15, 0.2) is 72.9 Å². The number of ether oxygens (including phenoxy) is 1. The van der Waals surface area contributed by atoms with Gasteiger partial charge >= 0.3 is 5.97 Å². The van der Waals surface area contributed by atoms with Gasteiger partial charge in [-0.2, -0.15) is 0 Å². The van der Waals surface area contributed by atoms with E-state index in [1.807, 2.05) is 0 Å². The molecular formula is C51H89NO5. The maximum Gasteiger partial charge on any atom is 0.306 e. The summed E-state index contributed by atoms with van der Waals surface area (Å²) in [7, 11) is 0. The van der Waals surface area contributed by atoms with Gasteiger partial charge in [-0.15, -0.1) is 0 Å². The fourth-order valence-electron chi connectivity index (χ4n) is 6.68. The third-order valence-electron chi connectivity index (χ3n) is 10.3. The summed E-state index contributed by atoms with van der Waals surface area (Å²) in [4.78, 5) is 26.0. The van der Waals surface area contributed by atoms with E-state index < -0.39 is 18.2 Å². The number of hydrogen-bond acceptors (Lipinski definition) is 5. The number of rotatable bonds is 41. The van der Waals surface area contributed by atoms with Crippen molar-refractivity contribution < 1.29 is 24.5 Å². The van der Waals surface area contributed by atoms with Gasteiger partial charge < -0.3 is 20.3 Å². The molecule has 1 amide bonds. The molecule has 6 nitrogen and oxygen atoms in total. The van der Waals surface area contributed by atoms with Gasteiger partial charge in [0.2, 0.25) is 5.91 Å². The van der Waals surface area contributed by atoms with Crippen LogP contribution in [0.5, 0.6) is 0 Å². The zero-order chi connectivity index (χ0) is 41.7. The van der Waals surface area contributed by atoms with Crippen LogP contribution in [0, 0.1) is 0 Å². The Morgan fingerprint density at radius 2 is 0.965 bits per heavy atom. The van der Waals surface area contributed by atoms with E-state index in [2.05, 4.69) is 99.0 Å². The predicted molar refractivity (Wildman–Crippen MR) is 245 cm³/mol. The monoisotopic (exact) mass is 796 g/mol. The molecule has 0 aromatic heterocycles. The van der Waals surface area contributed by atoms with Gasteiger partial charge in [0.15, 0.2) is 0 Å². The third kappa shape index (κ3) is 39.9. The van der Waals surface area contributed by atoms with Gasteiger partial charge in [-0.3, -0.25) is 9.59 Å². The van der Waals surface area contributed by atoms with Crippen LogP contribution in [0.1, 0.15) is 213 Å². The first-order valence-electron chi connectivity index (χ1n) is 23.7. The van der Waals surface area contributed by atoms with Crippen molar-refractivity contribution >= 4 is 11.9 Å². The Labute approximate surface area is 351 Å². The minimum absolute atomic E-state index is 0.0409. The maximum atomic E-state index is 13.1. The van der Waals surface area contributed by atoms with Crippen molar-refractivity contribution in [2.24, 2.45) is 0 Å². The van der Waals surface area contributed by atoms with Gasteiger partial charge in [0.1, 0.15) is 6.10 Å². The fraction of sp³-hybridized carbons (Fsp3) is 0.725. The Morgan fingerprint density at radius 3 is 1.51 bits per heavy atom. The topological polar surface area (TPSA) is 95.9 Å². The van der Waals surface area contributed by atoms with Crippen molar-refractivity contribution in [2.45, 2.75) is 232 Å². The maximum absolute atomic E-state index is 13.1. The van der Waals surface area contributed by atoms with Crippen LogP contribution < -0.4 is 5.32 Å². The van der Waals surface area contributed by atoms with Crippen LogP contribution >= 0.6 is 0 Å². The van der Waals surface area contributed by atoms with Gasteiger partial charge in [-0.1, -0.05) is 190 Å². The summed E-state index contributed by atoms with van der Waals surface area (Å²) in [5.41, 5.74) is 0. The molecule has 0 aliphatic heterocycles. The average Bonchev–Trinajstić information content (AvgIpc) is 3.20. The third-order valence-corrected chi connectivity index (χ3v) is 10.3. The molecule has 6 heteroatoms. The number of aliphatic hydroxyl groups excluding tert-OH is 2. The Bertz CT molecular complexity index is 1070. The second-order valence-corrected chi connectivity index (χ2v) is 15.8. The second-order valence-electron chi connectivity index (χ2n) is 15.8. The van der Waals surface area contributed by atoms with Gasteiger partial charge in [-0.05, 0) is 83.5 Å². The summed E-state index contributed by atoms with van der Waals surface area (Å²) in [6.45, 7) is 6.29. The number of unbranched alkanes of at least 4 members (excludes halogenated alkanes) is 17. The summed E-state index contributed by atoms with van der Waals surface area (Å²) in [5.74, 6) is -0.567. The number of carbonyl (C=O) groups excluding carboxylic acids is 2. The molecule has 328 valence electrons. The fourth-order valence-corrected chi connectivity index (χ4v) is 6.68. The lowest BCUT2D eigenvalue weighted by Crippen LogP contribution is -2.46. The lowest BCUT2D eigenvalue weighted by molar-refractivity contribution is -0.151. The highest BCUT2D eigenvalue weighted by Crippen LogP contribution is 2.16. The molecule has 0 bridgehead atoms. The van der Waals surface area contributed by atoms with Crippen molar-refractivity contribution in [2.75, 3.05) is 6.61 Å². The molecule has 0 spiro atoms. The molecule has 0 aromatic carbocycles. The van der Waals surface area contributed by atoms with Crippen molar-refractivity contribution in [3.8, 4) is 0 Å². The van der Waals surface area contributed by atoms with E-state index in [9.17, 15) is 19.8 Å². The van der Waals surface area contributed by atoms with Crippen LogP contribution in [0.2, 0.25) is 0 Å². The minimum atomic E-state index is -0.801. The zero-order valence-corrected chi connectivity index (χ0v) is 37.2. The molecule has 0 heterocycles. The summed E-state index contributed by atoms with van der Waals surface area (Å²) >= 11 is 0. The minimum Gasteiger partial charge on any atom is -0.462 e. The highest BCUT2D eigenvalue weighted by Gasteiger charge is 2.24. The van der Waals surface area contributed by atoms with Crippen molar-refractivity contribution in [3.63, 3.8) is 0 Å². The predicted octanol–water partition coefficient (Wildman–Crippen LogP) is 13.8. The summed E-state index contributed by atoms with van der Waals surface area (Å²) in [6.07, 6.45) is 55.4. The quantitative estimate of drug-likeness (QED) is 0.0325. The lowest BCUT2D eigenvalue weighted by Gasteiger charge is -2.24. The Morgan fingerprint density at radius 1 is 0.526 bits per heavy atom. The summed E-state index contributed by atoms with van der Waals surface area (Å²) in [6, 6.07) is -0.718.